The summed E-state index contributed by atoms with van der Waals surface area (Å²) < 4.78 is 0. The van der Waals surface area contributed by atoms with Gasteiger partial charge in [-0.1, -0.05) is 39.2 Å². The van der Waals surface area contributed by atoms with Crippen molar-refractivity contribution in [1.29, 1.82) is 0 Å². The van der Waals surface area contributed by atoms with Crippen molar-refractivity contribution < 1.29 is 4.79 Å². The van der Waals surface area contributed by atoms with E-state index in [0.29, 0.717) is 12.0 Å². The zero-order valence-electron chi connectivity index (χ0n) is 20.6. The Morgan fingerprint density at radius 1 is 1.28 bits per heavy atom. The third-order valence-electron chi connectivity index (χ3n) is 6.01. The number of nitrogens with one attached hydrogen (secondary N) is 2. The summed E-state index contributed by atoms with van der Waals surface area (Å²) in [4.78, 5) is 25.2. The number of likely N-dealkylation sites (N-methyl/N-ethyl adjacent to an activating group) is 1. The first-order valence-corrected chi connectivity index (χ1v) is 11.9. The monoisotopic (exact) mass is 558 g/mol. The fraction of sp³-hybridized carbons (Fsp3) is 0.708. The van der Waals surface area contributed by atoms with Crippen LogP contribution in [0.3, 0.4) is 0 Å². The van der Waals surface area contributed by atoms with Crippen molar-refractivity contribution in [1.82, 2.24) is 20.5 Å². The summed E-state index contributed by atoms with van der Waals surface area (Å²) in [7, 11) is 3.54. The van der Waals surface area contributed by atoms with E-state index in [4.69, 9.17) is 0 Å². The second kappa shape index (κ2) is 15.3. The number of hydrogen-bond donors (Lipinski definition) is 2. The largest absolute Gasteiger partial charge is 0.356 e. The van der Waals surface area contributed by atoms with Crippen LogP contribution in [0, 0.1) is 12.8 Å². The van der Waals surface area contributed by atoms with Crippen molar-refractivity contribution >= 4 is 41.7 Å². The van der Waals surface area contributed by atoms with E-state index in [-0.39, 0.29) is 36.4 Å². The first kappa shape index (κ1) is 28.5. The van der Waals surface area contributed by atoms with E-state index < -0.39 is 0 Å². The molecule has 182 valence electrons. The number of halogens is 1. The smallest absolute Gasteiger partial charge is 0.243 e. The van der Waals surface area contributed by atoms with Crippen LogP contribution in [0.15, 0.2) is 23.2 Å². The van der Waals surface area contributed by atoms with Gasteiger partial charge in [-0.25, -0.2) is 9.98 Å². The summed E-state index contributed by atoms with van der Waals surface area (Å²) in [5, 5.41) is 7.10. The molecule has 1 aliphatic rings. The van der Waals surface area contributed by atoms with E-state index in [1.54, 1.807) is 19.0 Å². The highest BCUT2D eigenvalue weighted by Gasteiger charge is 2.21. The zero-order chi connectivity index (χ0) is 22.6. The quantitative estimate of drug-likeness (QED) is 0.260. The summed E-state index contributed by atoms with van der Waals surface area (Å²) in [5.74, 6) is 2.46. The molecule has 7 nitrogen and oxygen atoms in total. The number of amides is 1. The molecule has 0 saturated carbocycles. The van der Waals surface area contributed by atoms with Crippen LogP contribution < -0.4 is 15.5 Å². The SMILES string of the molecule is CCCCC(CC)CNC(=NCC(=O)N(C)C)NC1CCN(c2cccc(C)n2)CC1.I. The standard InChI is InChI=1S/C24H42N6O.HI/c1-6-8-11-20(7-2)17-25-24(26-18-23(31)29(4)5)28-21-13-15-30(16-14-21)22-12-9-10-19(3)27-22;/h9-10,12,20-21H,6-8,11,13-18H2,1-5H3,(H2,25,26,28);1H. The van der Waals surface area contributed by atoms with Gasteiger partial charge in [0.2, 0.25) is 5.91 Å². The lowest BCUT2D eigenvalue weighted by Gasteiger charge is -2.34. The number of aryl methyl sites for hydroxylation is 1. The highest BCUT2D eigenvalue weighted by atomic mass is 127. The summed E-state index contributed by atoms with van der Waals surface area (Å²) >= 11 is 0. The van der Waals surface area contributed by atoms with Gasteiger partial charge >= 0.3 is 0 Å². The topological polar surface area (TPSA) is 72.9 Å². The Bertz CT molecular complexity index is 703. The summed E-state index contributed by atoms with van der Waals surface area (Å²) in [5.41, 5.74) is 1.05. The van der Waals surface area contributed by atoms with E-state index in [0.717, 1.165) is 56.4 Å². The van der Waals surface area contributed by atoms with Crippen molar-refractivity contribution in [3.63, 3.8) is 0 Å². The fourth-order valence-corrected chi connectivity index (χ4v) is 3.78. The minimum absolute atomic E-state index is 0. The van der Waals surface area contributed by atoms with Crippen LogP contribution in [-0.2, 0) is 4.79 Å². The predicted octanol–water partition coefficient (Wildman–Crippen LogP) is 3.82. The van der Waals surface area contributed by atoms with E-state index >= 15 is 0 Å². The van der Waals surface area contributed by atoms with E-state index in [2.05, 4.69) is 51.5 Å². The van der Waals surface area contributed by atoms with Crippen molar-refractivity contribution in [2.24, 2.45) is 10.9 Å². The number of aliphatic imine (C=N–C) groups is 1. The average molecular weight is 559 g/mol. The van der Waals surface area contributed by atoms with Gasteiger partial charge in [-0.15, -0.1) is 24.0 Å². The Kier molecular flexibility index (Phi) is 13.6. The van der Waals surface area contributed by atoms with Gasteiger partial charge in [0.1, 0.15) is 12.4 Å². The van der Waals surface area contributed by atoms with E-state index in [1.807, 2.05) is 13.0 Å². The summed E-state index contributed by atoms with van der Waals surface area (Å²) in [6, 6.07) is 6.54. The molecule has 1 unspecified atom stereocenters. The number of carbonyl (C=O) groups is 1. The second-order valence-electron chi connectivity index (χ2n) is 8.79. The lowest BCUT2D eigenvalue weighted by Crippen LogP contribution is -2.50. The van der Waals surface area contributed by atoms with Crippen LogP contribution in [0.2, 0.25) is 0 Å². The summed E-state index contributed by atoms with van der Waals surface area (Å²) in [6.45, 7) is 9.51. The Hall–Kier alpha value is -1.58. The molecule has 0 aromatic carbocycles. The second-order valence-corrected chi connectivity index (χ2v) is 8.79. The normalized spacial score (nSPS) is 15.7. The molecule has 1 atom stereocenters. The lowest BCUT2D eigenvalue weighted by molar-refractivity contribution is -0.127. The number of anilines is 1. The van der Waals surface area contributed by atoms with Crippen molar-refractivity contribution in [2.45, 2.75) is 65.3 Å². The first-order chi connectivity index (χ1) is 14.9. The van der Waals surface area contributed by atoms with Gasteiger partial charge in [0.15, 0.2) is 5.96 Å². The molecular formula is C24H43IN6O. The van der Waals surface area contributed by atoms with Crippen LogP contribution in [-0.4, -0.2) is 68.1 Å². The number of nitrogens with zero attached hydrogens (tertiary/aromatic N) is 4. The van der Waals surface area contributed by atoms with Gasteiger partial charge in [-0.2, -0.15) is 0 Å². The molecule has 0 aliphatic carbocycles. The zero-order valence-corrected chi connectivity index (χ0v) is 22.9. The minimum Gasteiger partial charge on any atom is -0.356 e. The molecular weight excluding hydrogens is 515 g/mol. The maximum atomic E-state index is 12.1. The molecule has 2 N–H and O–H groups in total. The molecule has 2 heterocycles. The van der Waals surface area contributed by atoms with Gasteiger partial charge in [0.05, 0.1) is 0 Å². The average Bonchev–Trinajstić information content (AvgIpc) is 2.77. The third-order valence-corrected chi connectivity index (χ3v) is 6.01. The Labute approximate surface area is 211 Å². The van der Waals surface area contributed by atoms with E-state index in [9.17, 15) is 4.79 Å². The Morgan fingerprint density at radius 2 is 2.00 bits per heavy atom. The fourth-order valence-electron chi connectivity index (χ4n) is 3.78. The molecule has 0 spiro atoms. The van der Waals surface area contributed by atoms with Crippen LogP contribution in [0.4, 0.5) is 5.82 Å². The molecule has 1 amide bonds. The maximum Gasteiger partial charge on any atom is 0.243 e. The number of hydrogen-bond acceptors (Lipinski definition) is 4. The molecule has 0 radical (unpaired) electrons. The molecule has 1 fully saturated rings. The molecule has 1 aromatic heterocycles. The number of unbranched alkanes of at least 4 members (excludes halogenated alkanes) is 1. The van der Waals surface area contributed by atoms with Crippen molar-refractivity contribution in [3.8, 4) is 0 Å². The molecule has 1 aliphatic heterocycles. The summed E-state index contributed by atoms with van der Waals surface area (Å²) in [6.07, 6.45) is 6.90. The number of rotatable bonds is 10. The Balaban J connectivity index is 0.00000512. The van der Waals surface area contributed by atoms with E-state index in [1.165, 1.54) is 19.3 Å². The third kappa shape index (κ3) is 9.92. The first-order valence-electron chi connectivity index (χ1n) is 11.9. The van der Waals surface area contributed by atoms with Gasteiger partial charge in [-0.3, -0.25) is 4.79 Å². The van der Waals surface area contributed by atoms with Crippen LogP contribution in [0.1, 0.15) is 58.1 Å². The lowest BCUT2D eigenvalue weighted by atomic mass is 9.99. The molecule has 0 bridgehead atoms. The number of carbonyl (C=O) groups excluding carboxylic acids is 1. The van der Waals surface area contributed by atoms with Gasteiger partial charge < -0.3 is 20.4 Å². The number of piperidine rings is 1. The van der Waals surface area contributed by atoms with Gasteiger partial charge in [-0.05, 0) is 44.2 Å². The van der Waals surface area contributed by atoms with Crippen LogP contribution >= 0.6 is 24.0 Å². The highest BCUT2D eigenvalue weighted by Crippen LogP contribution is 2.18. The predicted molar refractivity (Wildman–Crippen MR) is 145 cm³/mol. The molecule has 8 heteroatoms. The van der Waals surface area contributed by atoms with Crippen molar-refractivity contribution in [2.75, 3.05) is 45.2 Å². The maximum absolute atomic E-state index is 12.1. The number of pyridine rings is 1. The van der Waals surface area contributed by atoms with Crippen molar-refractivity contribution in [3.05, 3.63) is 23.9 Å². The Morgan fingerprint density at radius 3 is 2.59 bits per heavy atom. The molecule has 32 heavy (non-hydrogen) atoms. The minimum atomic E-state index is 0. The van der Waals surface area contributed by atoms with Crippen LogP contribution in [0.25, 0.3) is 0 Å². The van der Waals surface area contributed by atoms with Gasteiger partial charge in [0, 0.05) is 45.5 Å². The number of guanidine groups is 1. The number of aromatic nitrogens is 1. The van der Waals surface area contributed by atoms with Crippen LogP contribution in [0.5, 0.6) is 0 Å². The molecule has 2 rings (SSSR count). The van der Waals surface area contributed by atoms with Gasteiger partial charge in [0.25, 0.3) is 0 Å². The molecule has 1 saturated heterocycles. The highest BCUT2D eigenvalue weighted by molar-refractivity contribution is 14.0. The molecule has 1 aromatic rings.